The van der Waals surface area contributed by atoms with Gasteiger partial charge in [0.1, 0.15) is 0 Å². The van der Waals surface area contributed by atoms with Gasteiger partial charge in [-0.05, 0) is 30.7 Å². The van der Waals surface area contributed by atoms with E-state index < -0.39 is 0 Å². The van der Waals surface area contributed by atoms with Gasteiger partial charge >= 0.3 is 0 Å². The van der Waals surface area contributed by atoms with Gasteiger partial charge in [0.2, 0.25) is 0 Å². The van der Waals surface area contributed by atoms with E-state index in [1.54, 1.807) is 0 Å². The number of nitrogens with zero attached hydrogens (tertiary/aromatic N) is 1. The molecule has 0 atom stereocenters. The summed E-state index contributed by atoms with van der Waals surface area (Å²) in [5.41, 5.74) is 2.00. The van der Waals surface area contributed by atoms with E-state index in [0.717, 1.165) is 17.7 Å². The van der Waals surface area contributed by atoms with Crippen molar-refractivity contribution in [3.8, 4) is 0 Å². The molecule has 1 aromatic carbocycles. The van der Waals surface area contributed by atoms with E-state index in [-0.39, 0.29) is 0 Å². The molecule has 0 radical (unpaired) electrons. The minimum atomic E-state index is 0.292. The standard InChI is InChI=1S/C26H45NO/c1-4-5-6-7-8-9-10-11-12-13-14-15-16-17-18-19-26(28)24-20-22-25(23-21-24)27(2)3/h20-23H,4-19H2,1-3H3. The van der Waals surface area contributed by atoms with Gasteiger partial charge in [-0.25, -0.2) is 0 Å². The maximum absolute atomic E-state index is 12.2. The first kappa shape index (κ1) is 24.7. The van der Waals surface area contributed by atoms with Crippen LogP contribution in [0.3, 0.4) is 0 Å². The fraction of sp³-hybridized carbons (Fsp3) is 0.731. The summed E-state index contributed by atoms with van der Waals surface area (Å²) in [6.45, 7) is 2.28. The predicted octanol–water partition coefficient (Wildman–Crippen LogP) is 8.20. The molecule has 1 aromatic rings. The number of Topliss-reactive ketones (excluding diaryl/α,β-unsaturated/α-hetero) is 1. The Labute approximate surface area is 175 Å². The van der Waals surface area contributed by atoms with Crippen molar-refractivity contribution >= 4 is 11.5 Å². The molecule has 0 heterocycles. The van der Waals surface area contributed by atoms with Crippen LogP contribution in [0.15, 0.2) is 24.3 Å². The van der Waals surface area contributed by atoms with Crippen LogP contribution >= 0.6 is 0 Å². The van der Waals surface area contributed by atoms with Gasteiger partial charge in [-0.3, -0.25) is 4.79 Å². The van der Waals surface area contributed by atoms with Crippen LogP contribution in [0.2, 0.25) is 0 Å². The molecule has 0 saturated heterocycles. The smallest absolute Gasteiger partial charge is 0.162 e. The highest BCUT2D eigenvalue weighted by molar-refractivity contribution is 5.96. The lowest BCUT2D eigenvalue weighted by molar-refractivity contribution is 0.0979. The largest absolute Gasteiger partial charge is 0.378 e. The van der Waals surface area contributed by atoms with Crippen LogP contribution in [0.1, 0.15) is 120 Å². The number of carbonyl (C=O) groups is 1. The average Bonchev–Trinajstić information content (AvgIpc) is 2.70. The third kappa shape index (κ3) is 12.2. The van der Waals surface area contributed by atoms with Crippen molar-refractivity contribution in [2.24, 2.45) is 0 Å². The van der Waals surface area contributed by atoms with E-state index in [1.807, 2.05) is 38.4 Å². The summed E-state index contributed by atoms with van der Waals surface area (Å²) in [4.78, 5) is 14.3. The summed E-state index contributed by atoms with van der Waals surface area (Å²) < 4.78 is 0. The molecule has 0 aliphatic heterocycles. The number of rotatable bonds is 18. The van der Waals surface area contributed by atoms with Gasteiger partial charge in [-0.2, -0.15) is 0 Å². The van der Waals surface area contributed by atoms with E-state index >= 15 is 0 Å². The molecule has 0 N–H and O–H groups in total. The van der Waals surface area contributed by atoms with E-state index in [9.17, 15) is 4.79 Å². The first-order valence-corrected chi connectivity index (χ1v) is 12.0. The monoisotopic (exact) mass is 387 g/mol. The van der Waals surface area contributed by atoms with Crippen LogP contribution in [-0.2, 0) is 0 Å². The van der Waals surface area contributed by atoms with Gasteiger partial charge in [-0.15, -0.1) is 0 Å². The molecule has 28 heavy (non-hydrogen) atoms. The molecule has 0 aromatic heterocycles. The molecule has 0 unspecified atom stereocenters. The second-order valence-corrected chi connectivity index (χ2v) is 8.56. The third-order valence-electron chi connectivity index (χ3n) is 5.71. The molecule has 0 saturated carbocycles. The minimum Gasteiger partial charge on any atom is -0.378 e. The summed E-state index contributed by atoms with van der Waals surface area (Å²) in [5, 5.41) is 0. The van der Waals surface area contributed by atoms with Crippen molar-refractivity contribution < 1.29 is 4.79 Å². The number of benzene rings is 1. The van der Waals surface area contributed by atoms with Crippen molar-refractivity contribution in [2.45, 2.75) is 110 Å². The minimum absolute atomic E-state index is 0.292. The Hall–Kier alpha value is -1.31. The van der Waals surface area contributed by atoms with E-state index in [0.29, 0.717) is 12.2 Å². The molecule has 0 spiro atoms. The maximum atomic E-state index is 12.2. The third-order valence-corrected chi connectivity index (χ3v) is 5.71. The zero-order chi connectivity index (χ0) is 20.5. The summed E-state index contributed by atoms with van der Waals surface area (Å²) in [5.74, 6) is 0.292. The Morgan fingerprint density at radius 1 is 0.643 bits per heavy atom. The Bertz CT molecular complexity index is 492. The van der Waals surface area contributed by atoms with Gasteiger partial charge in [0.05, 0.1) is 0 Å². The zero-order valence-electron chi connectivity index (χ0n) is 19.0. The number of hydrogen-bond donors (Lipinski definition) is 0. The van der Waals surface area contributed by atoms with Gasteiger partial charge in [0, 0.05) is 31.8 Å². The highest BCUT2D eigenvalue weighted by Crippen LogP contribution is 2.16. The number of hydrogen-bond acceptors (Lipinski definition) is 2. The topological polar surface area (TPSA) is 20.3 Å². The summed E-state index contributed by atoms with van der Waals surface area (Å²) in [7, 11) is 4.04. The van der Waals surface area contributed by atoms with Gasteiger partial charge < -0.3 is 4.90 Å². The second kappa shape index (κ2) is 16.6. The number of ketones is 1. The molecule has 0 bridgehead atoms. The molecule has 0 amide bonds. The van der Waals surface area contributed by atoms with Gasteiger partial charge in [0.15, 0.2) is 5.78 Å². The van der Waals surface area contributed by atoms with Crippen LogP contribution < -0.4 is 4.90 Å². The fourth-order valence-electron chi connectivity index (χ4n) is 3.75. The van der Waals surface area contributed by atoms with Crippen LogP contribution in [0.4, 0.5) is 5.69 Å². The normalized spacial score (nSPS) is 11.0. The van der Waals surface area contributed by atoms with Crippen molar-refractivity contribution in [3.63, 3.8) is 0 Å². The molecule has 1 rings (SSSR count). The lowest BCUT2D eigenvalue weighted by atomic mass is 10.0. The lowest BCUT2D eigenvalue weighted by Crippen LogP contribution is -2.08. The summed E-state index contributed by atoms with van der Waals surface area (Å²) >= 11 is 0. The highest BCUT2D eigenvalue weighted by atomic mass is 16.1. The first-order valence-electron chi connectivity index (χ1n) is 12.0. The molecule has 2 nitrogen and oxygen atoms in total. The van der Waals surface area contributed by atoms with E-state index in [4.69, 9.17) is 0 Å². The quantitative estimate of drug-likeness (QED) is 0.187. The van der Waals surface area contributed by atoms with Crippen LogP contribution in [0, 0.1) is 0 Å². The maximum Gasteiger partial charge on any atom is 0.162 e. The lowest BCUT2D eigenvalue weighted by Gasteiger charge is -2.12. The van der Waals surface area contributed by atoms with Crippen LogP contribution in [-0.4, -0.2) is 19.9 Å². The molecule has 0 aliphatic carbocycles. The highest BCUT2D eigenvalue weighted by Gasteiger charge is 2.06. The number of anilines is 1. The SMILES string of the molecule is CCCCCCCCCCCCCCCCCC(=O)c1ccc(N(C)C)cc1. The zero-order valence-corrected chi connectivity index (χ0v) is 19.0. The Morgan fingerprint density at radius 2 is 1.04 bits per heavy atom. The molecular formula is C26H45NO. The summed E-state index contributed by atoms with van der Waals surface area (Å²) in [6, 6.07) is 7.98. The molecule has 0 aliphatic rings. The fourth-order valence-corrected chi connectivity index (χ4v) is 3.75. The molecule has 160 valence electrons. The number of unbranched alkanes of at least 4 members (excludes halogenated alkanes) is 14. The number of carbonyl (C=O) groups excluding carboxylic acids is 1. The van der Waals surface area contributed by atoms with Crippen molar-refractivity contribution in [1.82, 2.24) is 0 Å². The van der Waals surface area contributed by atoms with Crippen molar-refractivity contribution in [1.29, 1.82) is 0 Å². The Kier molecular flexibility index (Phi) is 14.7. The molecular weight excluding hydrogens is 342 g/mol. The Balaban J connectivity index is 1.89. The molecule has 0 fully saturated rings. The van der Waals surface area contributed by atoms with Crippen LogP contribution in [0.25, 0.3) is 0 Å². The molecule has 2 heteroatoms. The second-order valence-electron chi connectivity index (χ2n) is 8.56. The average molecular weight is 388 g/mol. The first-order chi connectivity index (χ1) is 13.6. The summed E-state index contributed by atoms with van der Waals surface area (Å²) in [6.07, 6.45) is 21.1. The predicted molar refractivity (Wildman–Crippen MR) is 125 cm³/mol. The van der Waals surface area contributed by atoms with Gasteiger partial charge in [0.25, 0.3) is 0 Å². The van der Waals surface area contributed by atoms with Crippen molar-refractivity contribution in [3.05, 3.63) is 29.8 Å². The van der Waals surface area contributed by atoms with E-state index in [1.165, 1.54) is 89.9 Å². The van der Waals surface area contributed by atoms with Crippen molar-refractivity contribution in [2.75, 3.05) is 19.0 Å². The van der Waals surface area contributed by atoms with E-state index in [2.05, 4.69) is 11.8 Å². The van der Waals surface area contributed by atoms with Gasteiger partial charge in [-0.1, -0.05) is 96.8 Å². The van der Waals surface area contributed by atoms with Crippen LogP contribution in [0.5, 0.6) is 0 Å². The Morgan fingerprint density at radius 3 is 1.43 bits per heavy atom.